The number of aliphatic hydroxyl groups excluding tert-OH is 1. The van der Waals surface area contributed by atoms with Crippen molar-refractivity contribution >= 4 is 11.7 Å². The number of halogens is 2. The molecule has 0 radical (unpaired) electrons. The zero-order chi connectivity index (χ0) is 15.7. The third-order valence-corrected chi connectivity index (χ3v) is 2.43. The number of benzene rings is 1. The average molecular weight is 298 g/mol. The SMILES string of the molecule is C#Cc1cc(F)c(NC(=O)NCCCOCCO)c(F)c1. The van der Waals surface area contributed by atoms with Crippen molar-refractivity contribution in [1.29, 1.82) is 0 Å². The summed E-state index contributed by atoms with van der Waals surface area (Å²) in [6, 6.07) is 1.19. The van der Waals surface area contributed by atoms with Crippen molar-refractivity contribution in [3.05, 3.63) is 29.3 Å². The van der Waals surface area contributed by atoms with Gasteiger partial charge in [-0.3, -0.25) is 0 Å². The zero-order valence-electron chi connectivity index (χ0n) is 11.3. The number of hydrogen-bond donors (Lipinski definition) is 3. The number of carbonyl (C=O) groups excluding carboxylic acids is 1. The van der Waals surface area contributed by atoms with Crippen molar-refractivity contribution in [3.63, 3.8) is 0 Å². The maximum atomic E-state index is 13.6. The molecule has 0 aliphatic carbocycles. The molecule has 0 saturated heterocycles. The first-order valence-corrected chi connectivity index (χ1v) is 6.27. The molecule has 3 N–H and O–H groups in total. The summed E-state index contributed by atoms with van der Waals surface area (Å²) in [4.78, 5) is 11.5. The number of urea groups is 1. The van der Waals surface area contributed by atoms with E-state index in [9.17, 15) is 13.6 Å². The van der Waals surface area contributed by atoms with E-state index in [0.717, 1.165) is 12.1 Å². The highest BCUT2D eigenvalue weighted by Gasteiger charge is 2.13. The predicted molar refractivity (Wildman–Crippen MR) is 73.8 cm³/mol. The van der Waals surface area contributed by atoms with Crippen LogP contribution < -0.4 is 10.6 Å². The lowest BCUT2D eigenvalue weighted by Gasteiger charge is -2.10. The van der Waals surface area contributed by atoms with Gasteiger partial charge in [0.05, 0.1) is 13.2 Å². The third-order valence-electron chi connectivity index (χ3n) is 2.43. The summed E-state index contributed by atoms with van der Waals surface area (Å²) >= 11 is 0. The third kappa shape index (κ3) is 5.77. The highest BCUT2D eigenvalue weighted by Crippen LogP contribution is 2.20. The molecule has 0 aliphatic heterocycles. The van der Waals surface area contributed by atoms with E-state index in [0.29, 0.717) is 13.0 Å². The second kappa shape index (κ2) is 8.89. The molecule has 0 aromatic heterocycles. The minimum absolute atomic E-state index is 0.0528. The van der Waals surface area contributed by atoms with Crippen LogP contribution in [0.25, 0.3) is 0 Å². The van der Waals surface area contributed by atoms with Crippen LogP contribution in [0.3, 0.4) is 0 Å². The number of aliphatic hydroxyl groups is 1. The molecular weight excluding hydrogens is 282 g/mol. The molecule has 114 valence electrons. The van der Waals surface area contributed by atoms with Crippen molar-refractivity contribution in [2.24, 2.45) is 0 Å². The second-order valence-electron chi connectivity index (χ2n) is 4.03. The predicted octanol–water partition coefficient (Wildman–Crippen LogP) is 1.47. The van der Waals surface area contributed by atoms with Crippen molar-refractivity contribution in [2.75, 3.05) is 31.7 Å². The van der Waals surface area contributed by atoms with Gasteiger partial charge in [0.15, 0.2) is 11.6 Å². The van der Waals surface area contributed by atoms with E-state index in [1.165, 1.54) is 0 Å². The van der Waals surface area contributed by atoms with Gasteiger partial charge in [0.25, 0.3) is 0 Å². The fourth-order valence-electron chi connectivity index (χ4n) is 1.48. The fourth-order valence-corrected chi connectivity index (χ4v) is 1.48. The molecule has 0 heterocycles. The number of ether oxygens (including phenoxy) is 1. The standard InChI is InChI=1S/C14H16F2N2O3/c1-2-10-8-11(15)13(12(16)9-10)18-14(20)17-4-3-6-21-7-5-19/h1,8-9,19H,3-7H2,(H2,17,18,20). The van der Waals surface area contributed by atoms with Crippen LogP contribution in [0, 0.1) is 24.0 Å². The number of terminal acetylenes is 1. The Kier molecular flexibility index (Phi) is 7.15. The molecule has 0 unspecified atom stereocenters. The van der Waals surface area contributed by atoms with Gasteiger partial charge in [0, 0.05) is 18.7 Å². The van der Waals surface area contributed by atoms with Gasteiger partial charge in [-0.05, 0) is 18.6 Å². The summed E-state index contributed by atoms with van der Waals surface area (Å²) in [5, 5.41) is 13.0. The molecule has 2 amide bonds. The summed E-state index contributed by atoms with van der Waals surface area (Å²) in [7, 11) is 0. The van der Waals surface area contributed by atoms with E-state index in [1.54, 1.807) is 0 Å². The van der Waals surface area contributed by atoms with Crippen molar-refractivity contribution < 1.29 is 23.4 Å². The van der Waals surface area contributed by atoms with E-state index in [4.69, 9.17) is 16.3 Å². The van der Waals surface area contributed by atoms with E-state index < -0.39 is 23.4 Å². The number of nitrogens with one attached hydrogen (secondary N) is 2. The summed E-state index contributed by atoms with van der Waals surface area (Å²) in [6.07, 6.45) is 5.55. The zero-order valence-corrected chi connectivity index (χ0v) is 11.3. The van der Waals surface area contributed by atoms with Gasteiger partial charge in [-0.2, -0.15) is 0 Å². The maximum absolute atomic E-state index is 13.6. The monoisotopic (exact) mass is 298 g/mol. The molecule has 21 heavy (non-hydrogen) atoms. The maximum Gasteiger partial charge on any atom is 0.319 e. The van der Waals surface area contributed by atoms with Crippen LogP contribution in [0.1, 0.15) is 12.0 Å². The minimum Gasteiger partial charge on any atom is -0.394 e. The van der Waals surface area contributed by atoms with Gasteiger partial charge in [-0.25, -0.2) is 13.6 Å². The second-order valence-corrected chi connectivity index (χ2v) is 4.03. The highest BCUT2D eigenvalue weighted by atomic mass is 19.1. The lowest BCUT2D eigenvalue weighted by atomic mass is 10.2. The van der Waals surface area contributed by atoms with Gasteiger partial charge in [-0.15, -0.1) is 6.42 Å². The Morgan fingerprint density at radius 3 is 2.57 bits per heavy atom. The lowest BCUT2D eigenvalue weighted by molar-refractivity contribution is 0.0910. The normalized spacial score (nSPS) is 10.0. The first kappa shape index (κ1) is 16.9. The molecule has 1 aromatic carbocycles. The Balaban J connectivity index is 2.43. The van der Waals surface area contributed by atoms with Gasteiger partial charge < -0.3 is 20.5 Å². The van der Waals surface area contributed by atoms with Crippen molar-refractivity contribution in [2.45, 2.75) is 6.42 Å². The molecule has 7 heteroatoms. The molecule has 1 aromatic rings. The first-order chi connectivity index (χ1) is 10.1. The molecule has 0 bridgehead atoms. The number of hydrogen-bond acceptors (Lipinski definition) is 3. The van der Waals surface area contributed by atoms with E-state index in [2.05, 4.69) is 16.6 Å². The van der Waals surface area contributed by atoms with Gasteiger partial charge in [0.1, 0.15) is 5.69 Å². The van der Waals surface area contributed by atoms with Crippen molar-refractivity contribution in [3.8, 4) is 12.3 Å². The summed E-state index contributed by atoms with van der Waals surface area (Å²) in [5.74, 6) is 0.227. The molecule has 5 nitrogen and oxygen atoms in total. The molecule has 0 atom stereocenters. The molecule has 0 spiro atoms. The van der Waals surface area contributed by atoms with Gasteiger partial charge >= 0.3 is 6.03 Å². The number of rotatable bonds is 7. The molecule has 0 aliphatic rings. The Labute approximate surface area is 121 Å². The topological polar surface area (TPSA) is 70.6 Å². The van der Waals surface area contributed by atoms with E-state index >= 15 is 0 Å². The quantitative estimate of drug-likeness (QED) is 0.527. The summed E-state index contributed by atoms with van der Waals surface area (Å²) < 4.78 is 32.1. The molecule has 0 fully saturated rings. The largest absolute Gasteiger partial charge is 0.394 e. The van der Waals surface area contributed by atoms with Crippen molar-refractivity contribution in [1.82, 2.24) is 5.32 Å². The smallest absolute Gasteiger partial charge is 0.319 e. The molecular formula is C14H16F2N2O3. The average Bonchev–Trinajstić information content (AvgIpc) is 2.46. The Morgan fingerprint density at radius 2 is 2.00 bits per heavy atom. The van der Waals surface area contributed by atoms with Crippen LogP contribution in [0.15, 0.2) is 12.1 Å². The van der Waals surface area contributed by atoms with Crippen LogP contribution in [0.5, 0.6) is 0 Å². The Hall–Kier alpha value is -2.17. The minimum atomic E-state index is -0.940. The Bertz CT molecular complexity index is 506. The molecule has 1 rings (SSSR count). The van der Waals surface area contributed by atoms with E-state index in [1.807, 2.05) is 0 Å². The van der Waals surface area contributed by atoms with Gasteiger partial charge in [0.2, 0.25) is 0 Å². The molecule has 0 saturated carbocycles. The van der Waals surface area contributed by atoms with Crippen LogP contribution in [-0.2, 0) is 4.74 Å². The highest BCUT2D eigenvalue weighted by molar-refractivity contribution is 5.89. The number of carbonyl (C=O) groups is 1. The lowest BCUT2D eigenvalue weighted by Crippen LogP contribution is -2.30. The number of anilines is 1. The van der Waals surface area contributed by atoms with Gasteiger partial charge in [-0.1, -0.05) is 5.92 Å². The van der Waals surface area contributed by atoms with Crippen LogP contribution in [0.2, 0.25) is 0 Å². The van der Waals surface area contributed by atoms with Crippen LogP contribution in [0.4, 0.5) is 19.3 Å². The summed E-state index contributed by atoms with van der Waals surface area (Å²) in [5.41, 5.74) is -0.500. The fraction of sp³-hybridized carbons (Fsp3) is 0.357. The van der Waals surface area contributed by atoms with Crippen LogP contribution in [-0.4, -0.2) is 37.5 Å². The van der Waals surface area contributed by atoms with E-state index in [-0.39, 0.29) is 25.3 Å². The Morgan fingerprint density at radius 1 is 1.33 bits per heavy atom. The van der Waals surface area contributed by atoms with Crippen LogP contribution >= 0.6 is 0 Å². The first-order valence-electron chi connectivity index (χ1n) is 6.27. The number of amides is 2. The summed E-state index contributed by atoms with van der Waals surface area (Å²) in [6.45, 7) is 0.785.